The van der Waals surface area contributed by atoms with Crippen LogP contribution in [0, 0.1) is 5.82 Å². The Kier molecular flexibility index (Phi) is 4.15. The summed E-state index contributed by atoms with van der Waals surface area (Å²) in [6.45, 7) is 0.832. The summed E-state index contributed by atoms with van der Waals surface area (Å²) >= 11 is 0. The van der Waals surface area contributed by atoms with Gasteiger partial charge in [0, 0.05) is 6.07 Å². The molecule has 0 spiro atoms. The van der Waals surface area contributed by atoms with Crippen LogP contribution in [0.2, 0.25) is 0 Å². The summed E-state index contributed by atoms with van der Waals surface area (Å²) in [7, 11) is 1.50. The molecule has 1 aromatic rings. The van der Waals surface area contributed by atoms with Gasteiger partial charge in [0.25, 0.3) is 0 Å². The zero-order valence-corrected chi connectivity index (χ0v) is 10.3. The number of carbonyl (C=O) groups is 1. The third-order valence-corrected chi connectivity index (χ3v) is 3.06. The zero-order chi connectivity index (χ0) is 13.0. The number of benzene rings is 1. The first kappa shape index (κ1) is 12.8. The van der Waals surface area contributed by atoms with Gasteiger partial charge in [-0.2, -0.15) is 0 Å². The molecule has 1 aromatic carbocycles. The molecule has 1 saturated heterocycles. The molecule has 0 aromatic heterocycles. The standard InChI is InChI=1S/C13H17FN2O2/c1-18-9-5-6-10(14)12(8-9)16-13(17)11-4-2-3-7-15-11/h5-6,8,11,15H,2-4,7H2,1H3,(H,16,17)/t11-/m1/s1. The van der Waals surface area contributed by atoms with Crippen molar-refractivity contribution in [2.24, 2.45) is 0 Å². The predicted molar refractivity (Wildman–Crippen MR) is 67.2 cm³/mol. The van der Waals surface area contributed by atoms with E-state index in [1.54, 1.807) is 0 Å². The fourth-order valence-corrected chi connectivity index (χ4v) is 2.02. The highest BCUT2D eigenvalue weighted by Gasteiger charge is 2.21. The summed E-state index contributed by atoms with van der Waals surface area (Å²) in [6, 6.07) is 4.05. The van der Waals surface area contributed by atoms with E-state index in [1.165, 1.54) is 25.3 Å². The van der Waals surface area contributed by atoms with Gasteiger partial charge in [-0.15, -0.1) is 0 Å². The molecule has 1 amide bonds. The quantitative estimate of drug-likeness (QED) is 0.864. The van der Waals surface area contributed by atoms with Crippen LogP contribution in [0.25, 0.3) is 0 Å². The van der Waals surface area contributed by atoms with Crippen LogP contribution >= 0.6 is 0 Å². The van der Waals surface area contributed by atoms with E-state index >= 15 is 0 Å². The fraction of sp³-hybridized carbons (Fsp3) is 0.462. The van der Waals surface area contributed by atoms with Crippen LogP contribution in [0.4, 0.5) is 10.1 Å². The van der Waals surface area contributed by atoms with Gasteiger partial charge in [-0.3, -0.25) is 4.79 Å². The fourth-order valence-electron chi connectivity index (χ4n) is 2.02. The molecular weight excluding hydrogens is 235 g/mol. The topological polar surface area (TPSA) is 50.4 Å². The number of methoxy groups -OCH3 is 1. The Labute approximate surface area is 106 Å². The van der Waals surface area contributed by atoms with Crippen molar-refractivity contribution in [1.29, 1.82) is 0 Å². The average molecular weight is 252 g/mol. The van der Waals surface area contributed by atoms with E-state index < -0.39 is 5.82 Å². The number of ether oxygens (including phenoxy) is 1. The molecule has 0 radical (unpaired) electrons. The smallest absolute Gasteiger partial charge is 0.241 e. The van der Waals surface area contributed by atoms with Crippen molar-refractivity contribution < 1.29 is 13.9 Å². The zero-order valence-electron chi connectivity index (χ0n) is 10.3. The highest BCUT2D eigenvalue weighted by molar-refractivity contribution is 5.95. The van der Waals surface area contributed by atoms with Crippen molar-refractivity contribution >= 4 is 11.6 Å². The molecule has 5 heteroatoms. The van der Waals surface area contributed by atoms with Crippen LogP contribution < -0.4 is 15.4 Å². The largest absolute Gasteiger partial charge is 0.497 e. The van der Waals surface area contributed by atoms with Crippen LogP contribution in [-0.4, -0.2) is 25.6 Å². The van der Waals surface area contributed by atoms with Gasteiger partial charge < -0.3 is 15.4 Å². The Balaban J connectivity index is 2.05. The molecule has 0 saturated carbocycles. The Morgan fingerprint density at radius 2 is 2.33 bits per heavy atom. The Morgan fingerprint density at radius 1 is 1.50 bits per heavy atom. The summed E-state index contributed by atoms with van der Waals surface area (Å²) in [5, 5.41) is 5.72. The number of halogens is 1. The lowest BCUT2D eigenvalue weighted by Crippen LogP contribution is -2.43. The summed E-state index contributed by atoms with van der Waals surface area (Å²) in [6.07, 6.45) is 2.89. The molecule has 0 aliphatic carbocycles. The van der Waals surface area contributed by atoms with E-state index in [4.69, 9.17) is 4.74 Å². The SMILES string of the molecule is COc1ccc(F)c(NC(=O)[C@H]2CCCCN2)c1. The van der Waals surface area contributed by atoms with E-state index in [9.17, 15) is 9.18 Å². The highest BCUT2D eigenvalue weighted by atomic mass is 19.1. The number of anilines is 1. The molecule has 18 heavy (non-hydrogen) atoms. The van der Waals surface area contributed by atoms with Gasteiger partial charge in [0.1, 0.15) is 11.6 Å². The van der Waals surface area contributed by atoms with Crippen molar-refractivity contribution in [2.45, 2.75) is 25.3 Å². The van der Waals surface area contributed by atoms with Gasteiger partial charge in [0.2, 0.25) is 5.91 Å². The number of hydrogen-bond acceptors (Lipinski definition) is 3. The third-order valence-electron chi connectivity index (χ3n) is 3.06. The van der Waals surface area contributed by atoms with Crippen molar-refractivity contribution in [1.82, 2.24) is 5.32 Å². The average Bonchev–Trinajstić information content (AvgIpc) is 2.42. The van der Waals surface area contributed by atoms with Gasteiger partial charge in [-0.05, 0) is 31.5 Å². The van der Waals surface area contributed by atoms with Gasteiger partial charge in [-0.25, -0.2) is 4.39 Å². The van der Waals surface area contributed by atoms with Crippen molar-refractivity contribution in [3.8, 4) is 5.75 Å². The second-order valence-electron chi connectivity index (χ2n) is 4.34. The Hall–Kier alpha value is -1.62. The molecule has 98 valence electrons. The van der Waals surface area contributed by atoms with E-state index in [0.717, 1.165) is 25.8 Å². The number of rotatable bonds is 3. The molecule has 2 N–H and O–H groups in total. The van der Waals surface area contributed by atoms with Crippen LogP contribution in [0.5, 0.6) is 5.75 Å². The monoisotopic (exact) mass is 252 g/mol. The predicted octanol–water partition coefficient (Wildman–Crippen LogP) is 1.91. The second kappa shape index (κ2) is 5.82. The molecule has 1 fully saturated rings. The third kappa shape index (κ3) is 2.98. The Morgan fingerprint density at radius 3 is 3.00 bits per heavy atom. The minimum atomic E-state index is -0.458. The van der Waals surface area contributed by atoms with E-state index in [0.29, 0.717) is 5.75 Å². The van der Waals surface area contributed by atoms with Gasteiger partial charge in [0.05, 0.1) is 18.8 Å². The number of amides is 1. The molecule has 4 nitrogen and oxygen atoms in total. The first-order valence-electron chi connectivity index (χ1n) is 6.08. The summed E-state index contributed by atoms with van der Waals surface area (Å²) in [5.74, 6) is -0.134. The van der Waals surface area contributed by atoms with Crippen molar-refractivity contribution in [3.05, 3.63) is 24.0 Å². The molecule has 1 aliphatic rings. The Bertz CT molecular complexity index is 431. The number of nitrogens with one attached hydrogen (secondary N) is 2. The normalized spacial score (nSPS) is 19.3. The molecule has 1 atom stereocenters. The van der Waals surface area contributed by atoms with Crippen LogP contribution in [0.15, 0.2) is 18.2 Å². The number of hydrogen-bond donors (Lipinski definition) is 2. The first-order chi connectivity index (χ1) is 8.70. The summed E-state index contributed by atoms with van der Waals surface area (Å²) < 4.78 is 18.5. The minimum Gasteiger partial charge on any atom is -0.497 e. The molecule has 1 aliphatic heterocycles. The number of carbonyl (C=O) groups excluding carboxylic acids is 1. The second-order valence-corrected chi connectivity index (χ2v) is 4.34. The van der Waals surface area contributed by atoms with Crippen LogP contribution in [0.1, 0.15) is 19.3 Å². The number of piperidine rings is 1. The van der Waals surface area contributed by atoms with E-state index in [2.05, 4.69) is 10.6 Å². The molecular formula is C13H17FN2O2. The first-order valence-corrected chi connectivity index (χ1v) is 6.08. The minimum absolute atomic E-state index is 0.159. The lowest BCUT2D eigenvalue weighted by Gasteiger charge is -2.22. The van der Waals surface area contributed by atoms with Crippen molar-refractivity contribution in [3.63, 3.8) is 0 Å². The van der Waals surface area contributed by atoms with E-state index in [1.807, 2.05) is 0 Å². The highest BCUT2D eigenvalue weighted by Crippen LogP contribution is 2.21. The van der Waals surface area contributed by atoms with Gasteiger partial charge in [-0.1, -0.05) is 6.42 Å². The maximum Gasteiger partial charge on any atom is 0.241 e. The maximum absolute atomic E-state index is 13.5. The van der Waals surface area contributed by atoms with Crippen LogP contribution in [-0.2, 0) is 4.79 Å². The maximum atomic E-state index is 13.5. The lowest BCUT2D eigenvalue weighted by atomic mass is 10.0. The molecule has 0 unspecified atom stereocenters. The van der Waals surface area contributed by atoms with Crippen LogP contribution in [0.3, 0.4) is 0 Å². The summed E-state index contributed by atoms with van der Waals surface area (Å²) in [4.78, 5) is 11.9. The lowest BCUT2D eigenvalue weighted by molar-refractivity contribution is -0.118. The molecule has 0 bridgehead atoms. The van der Waals surface area contributed by atoms with E-state index in [-0.39, 0.29) is 17.6 Å². The summed E-state index contributed by atoms with van der Waals surface area (Å²) in [5.41, 5.74) is 0.159. The van der Waals surface area contributed by atoms with Crippen molar-refractivity contribution in [2.75, 3.05) is 19.0 Å². The van der Waals surface area contributed by atoms with Gasteiger partial charge in [0.15, 0.2) is 0 Å². The molecule has 1 heterocycles. The van der Waals surface area contributed by atoms with Gasteiger partial charge >= 0.3 is 0 Å². The molecule has 2 rings (SSSR count).